The van der Waals surface area contributed by atoms with Gasteiger partial charge in [0.2, 0.25) is 5.91 Å². The highest BCUT2D eigenvalue weighted by Gasteiger charge is 2.09. The van der Waals surface area contributed by atoms with E-state index in [4.69, 9.17) is 9.47 Å². The predicted octanol–water partition coefficient (Wildman–Crippen LogP) is 1.62. The highest BCUT2D eigenvalue weighted by Crippen LogP contribution is 2.16. The van der Waals surface area contributed by atoms with Crippen LogP contribution in [0, 0.1) is 0 Å². The minimum atomic E-state index is -0.505. The molecule has 2 rings (SSSR count). The molecule has 2 aromatic carbocycles. The molecule has 0 saturated carbocycles. The van der Waals surface area contributed by atoms with Crippen LogP contribution in [0.3, 0.4) is 0 Å². The van der Waals surface area contributed by atoms with Crippen LogP contribution >= 0.6 is 0 Å². The molecule has 0 spiro atoms. The van der Waals surface area contributed by atoms with E-state index < -0.39 is 17.8 Å². The van der Waals surface area contributed by atoms with Gasteiger partial charge in [0.05, 0.1) is 26.3 Å². The van der Waals surface area contributed by atoms with E-state index in [0.29, 0.717) is 22.7 Å². The number of carbonyl (C=O) groups excluding carboxylic acids is 3. The van der Waals surface area contributed by atoms with Crippen LogP contribution in [0.25, 0.3) is 0 Å². The second-order valence-electron chi connectivity index (χ2n) is 5.36. The number of ether oxygens (including phenoxy) is 3. The van der Waals surface area contributed by atoms with Gasteiger partial charge in [0.15, 0.2) is 6.61 Å². The summed E-state index contributed by atoms with van der Waals surface area (Å²) in [6, 6.07) is 13.1. The number of hydrogen-bond acceptors (Lipinski definition) is 6. The van der Waals surface area contributed by atoms with Crippen molar-refractivity contribution in [3.63, 3.8) is 0 Å². The topological polar surface area (TPSA) is 103 Å². The largest absolute Gasteiger partial charge is 0.497 e. The normalized spacial score (nSPS) is 9.85. The minimum Gasteiger partial charge on any atom is -0.497 e. The van der Waals surface area contributed by atoms with Crippen molar-refractivity contribution in [3.05, 3.63) is 54.1 Å². The van der Waals surface area contributed by atoms with Gasteiger partial charge in [0, 0.05) is 5.69 Å². The fourth-order valence-corrected chi connectivity index (χ4v) is 2.10. The molecule has 0 heterocycles. The van der Waals surface area contributed by atoms with Gasteiger partial charge >= 0.3 is 5.97 Å². The monoisotopic (exact) mass is 372 g/mol. The van der Waals surface area contributed by atoms with Gasteiger partial charge in [-0.3, -0.25) is 9.59 Å². The van der Waals surface area contributed by atoms with Gasteiger partial charge < -0.3 is 24.8 Å². The average Bonchev–Trinajstić information content (AvgIpc) is 2.70. The summed E-state index contributed by atoms with van der Waals surface area (Å²) in [6.07, 6.45) is 0. The summed E-state index contributed by atoms with van der Waals surface area (Å²) in [5, 5.41) is 5.04. The Morgan fingerprint density at radius 1 is 0.926 bits per heavy atom. The maximum atomic E-state index is 11.9. The first-order valence-corrected chi connectivity index (χ1v) is 8.03. The zero-order valence-electron chi connectivity index (χ0n) is 15.0. The van der Waals surface area contributed by atoms with Crippen LogP contribution < -0.4 is 20.1 Å². The summed E-state index contributed by atoms with van der Waals surface area (Å²) in [4.78, 5) is 35.2. The molecule has 0 atom stereocenters. The van der Waals surface area contributed by atoms with Crippen LogP contribution in [-0.4, -0.2) is 45.2 Å². The first-order valence-electron chi connectivity index (χ1n) is 8.03. The Labute approximate surface area is 156 Å². The Hall–Kier alpha value is -3.55. The quantitative estimate of drug-likeness (QED) is 0.683. The third-order valence-corrected chi connectivity index (χ3v) is 3.44. The molecule has 2 N–H and O–H groups in total. The third-order valence-electron chi connectivity index (χ3n) is 3.44. The molecule has 2 amide bonds. The predicted molar refractivity (Wildman–Crippen MR) is 97.9 cm³/mol. The number of amides is 2. The first-order chi connectivity index (χ1) is 13.0. The van der Waals surface area contributed by atoms with E-state index in [2.05, 4.69) is 15.4 Å². The van der Waals surface area contributed by atoms with E-state index in [9.17, 15) is 14.4 Å². The van der Waals surface area contributed by atoms with Crippen molar-refractivity contribution >= 4 is 23.5 Å². The maximum absolute atomic E-state index is 11.9. The molecule has 2 aromatic rings. The molecule has 8 nitrogen and oxygen atoms in total. The van der Waals surface area contributed by atoms with Gasteiger partial charge in [-0.2, -0.15) is 0 Å². The van der Waals surface area contributed by atoms with Crippen LogP contribution in [0.15, 0.2) is 48.5 Å². The number of hydrogen-bond donors (Lipinski definition) is 2. The van der Waals surface area contributed by atoms with Crippen molar-refractivity contribution in [2.75, 3.05) is 32.7 Å². The zero-order chi connectivity index (χ0) is 19.6. The van der Waals surface area contributed by atoms with E-state index in [1.165, 1.54) is 13.2 Å². The Balaban J connectivity index is 1.76. The second kappa shape index (κ2) is 9.81. The number of carbonyl (C=O) groups is 3. The lowest BCUT2D eigenvalue weighted by molar-refractivity contribution is -0.125. The molecule has 0 fully saturated rings. The van der Waals surface area contributed by atoms with Crippen molar-refractivity contribution in [2.24, 2.45) is 0 Å². The van der Waals surface area contributed by atoms with Crippen LogP contribution in [0.4, 0.5) is 5.69 Å². The second-order valence-corrected chi connectivity index (χ2v) is 5.36. The fourth-order valence-electron chi connectivity index (χ4n) is 2.10. The van der Waals surface area contributed by atoms with Crippen LogP contribution in [0.5, 0.6) is 11.5 Å². The van der Waals surface area contributed by atoms with Crippen LogP contribution in [-0.2, 0) is 14.3 Å². The van der Waals surface area contributed by atoms with E-state index >= 15 is 0 Å². The summed E-state index contributed by atoms with van der Waals surface area (Å²) >= 11 is 0. The maximum Gasteiger partial charge on any atom is 0.337 e. The molecular formula is C19H20N2O6. The summed E-state index contributed by atoms with van der Waals surface area (Å²) in [6.45, 7) is -0.454. The molecule has 8 heteroatoms. The summed E-state index contributed by atoms with van der Waals surface area (Å²) in [7, 11) is 2.83. The highest BCUT2D eigenvalue weighted by molar-refractivity contribution is 5.96. The van der Waals surface area contributed by atoms with Crippen LogP contribution in [0.1, 0.15) is 10.4 Å². The number of anilines is 1. The Bertz CT molecular complexity index is 804. The van der Waals surface area contributed by atoms with Gasteiger partial charge in [0.1, 0.15) is 11.5 Å². The zero-order valence-corrected chi connectivity index (χ0v) is 15.0. The lowest BCUT2D eigenvalue weighted by Crippen LogP contribution is -2.35. The molecule has 0 aliphatic carbocycles. The molecule has 0 aromatic heterocycles. The standard InChI is InChI=1S/C19H20N2O6/c1-25-15-6-8-16(9-7-15)27-12-18(23)20-11-17(22)21-14-5-3-4-13(10-14)19(24)26-2/h3-10H,11-12H2,1-2H3,(H,20,23)(H,21,22). The molecule has 0 aliphatic heterocycles. The summed E-state index contributed by atoms with van der Waals surface area (Å²) < 4.78 is 15.0. The van der Waals surface area contributed by atoms with Gasteiger partial charge in [-0.1, -0.05) is 6.07 Å². The minimum absolute atomic E-state index is 0.225. The van der Waals surface area contributed by atoms with Gasteiger partial charge in [-0.25, -0.2) is 4.79 Å². The van der Waals surface area contributed by atoms with Gasteiger partial charge in [-0.15, -0.1) is 0 Å². The molecule has 142 valence electrons. The number of rotatable bonds is 8. The number of nitrogens with one attached hydrogen (secondary N) is 2. The van der Waals surface area contributed by atoms with Crippen molar-refractivity contribution in [1.82, 2.24) is 5.32 Å². The van der Waals surface area contributed by atoms with E-state index in [1.54, 1.807) is 49.6 Å². The Kier molecular flexibility index (Phi) is 7.18. The molecule has 0 saturated heterocycles. The Morgan fingerprint density at radius 2 is 1.63 bits per heavy atom. The lowest BCUT2D eigenvalue weighted by Gasteiger charge is -2.09. The van der Waals surface area contributed by atoms with Crippen molar-refractivity contribution in [2.45, 2.75) is 0 Å². The van der Waals surface area contributed by atoms with E-state index in [0.717, 1.165) is 0 Å². The third kappa shape index (κ3) is 6.35. The average molecular weight is 372 g/mol. The number of esters is 1. The van der Waals surface area contributed by atoms with Crippen molar-refractivity contribution in [1.29, 1.82) is 0 Å². The summed E-state index contributed by atoms with van der Waals surface area (Å²) in [5.41, 5.74) is 0.735. The van der Waals surface area contributed by atoms with E-state index in [1.807, 2.05) is 0 Å². The molecule has 0 unspecified atom stereocenters. The smallest absolute Gasteiger partial charge is 0.337 e. The van der Waals surface area contributed by atoms with E-state index in [-0.39, 0.29) is 13.2 Å². The highest BCUT2D eigenvalue weighted by atomic mass is 16.5. The molecule has 0 aliphatic rings. The van der Waals surface area contributed by atoms with Gasteiger partial charge in [0.25, 0.3) is 5.91 Å². The van der Waals surface area contributed by atoms with Crippen molar-refractivity contribution in [3.8, 4) is 11.5 Å². The van der Waals surface area contributed by atoms with Crippen molar-refractivity contribution < 1.29 is 28.6 Å². The number of methoxy groups -OCH3 is 2. The molecule has 0 bridgehead atoms. The number of benzene rings is 2. The first kappa shape index (κ1) is 19.8. The van der Waals surface area contributed by atoms with Gasteiger partial charge in [-0.05, 0) is 42.5 Å². The summed E-state index contributed by atoms with van der Waals surface area (Å²) in [5.74, 6) is -0.191. The lowest BCUT2D eigenvalue weighted by atomic mass is 10.2. The van der Waals surface area contributed by atoms with Crippen LogP contribution in [0.2, 0.25) is 0 Å². The molecular weight excluding hydrogens is 352 g/mol. The Morgan fingerprint density at radius 3 is 2.30 bits per heavy atom. The molecule has 0 radical (unpaired) electrons. The SMILES string of the molecule is COC(=O)c1cccc(NC(=O)CNC(=O)COc2ccc(OC)cc2)c1. The fraction of sp³-hybridized carbons (Fsp3) is 0.211. The molecule has 27 heavy (non-hydrogen) atoms.